The SMILES string of the molecule is Cc1ccc(NCCC(C)C=C2C(=O)CC(C)(C)CC2=O)cc1. The van der Waals surface area contributed by atoms with Crippen molar-refractivity contribution in [2.24, 2.45) is 11.3 Å². The molecule has 1 unspecified atom stereocenters. The highest BCUT2D eigenvalue weighted by molar-refractivity contribution is 6.22. The van der Waals surface area contributed by atoms with Crippen molar-refractivity contribution in [3.63, 3.8) is 0 Å². The average molecular weight is 313 g/mol. The second-order valence-corrected chi connectivity index (χ2v) is 7.50. The van der Waals surface area contributed by atoms with Crippen LogP contribution in [-0.2, 0) is 9.59 Å². The van der Waals surface area contributed by atoms with Gasteiger partial charge >= 0.3 is 0 Å². The fraction of sp³-hybridized carbons (Fsp3) is 0.500. The topological polar surface area (TPSA) is 46.2 Å². The molecule has 0 saturated heterocycles. The third-order valence-electron chi connectivity index (χ3n) is 4.31. The van der Waals surface area contributed by atoms with Gasteiger partial charge in [-0.1, -0.05) is 44.5 Å². The van der Waals surface area contributed by atoms with Crippen molar-refractivity contribution < 1.29 is 9.59 Å². The van der Waals surface area contributed by atoms with Crippen molar-refractivity contribution >= 4 is 17.3 Å². The van der Waals surface area contributed by atoms with Gasteiger partial charge in [0.25, 0.3) is 0 Å². The minimum Gasteiger partial charge on any atom is -0.385 e. The molecule has 2 rings (SSSR count). The van der Waals surface area contributed by atoms with E-state index >= 15 is 0 Å². The zero-order chi connectivity index (χ0) is 17.0. The maximum absolute atomic E-state index is 12.2. The summed E-state index contributed by atoms with van der Waals surface area (Å²) in [6.07, 6.45) is 3.70. The molecule has 0 heterocycles. The van der Waals surface area contributed by atoms with Crippen LogP contribution in [0.1, 0.15) is 45.6 Å². The second-order valence-electron chi connectivity index (χ2n) is 7.50. The van der Waals surface area contributed by atoms with Crippen molar-refractivity contribution in [1.29, 1.82) is 0 Å². The molecule has 124 valence electrons. The summed E-state index contributed by atoms with van der Waals surface area (Å²) in [5.74, 6) is 0.214. The van der Waals surface area contributed by atoms with Gasteiger partial charge in [-0.05, 0) is 36.8 Å². The lowest BCUT2D eigenvalue weighted by atomic mass is 9.73. The molecule has 1 aliphatic carbocycles. The molecule has 1 aliphatic rings. The zero-order valence-electron chi connectivity index (χ0n) is 14.6. The fourth-order valence-corrected chi connectivity index (χ4v) is 2.95. The van der Waals surface area contributed by atoms with Crippen LogP contribution >= 0.6 is 0 Å². The maximum Gasteiger partial charge on any atom is 0.166 e. The maximum atomic E-state index is 12.2. The number of rotatable bonds is 5. The van der Waals surface area contributed by atoms with E-state index < -0.39 is 0 Å². The number of carbonyl (C=O) groups excluding carboxylic acids is 2. The second kappa shape index (κ2) is 7.12. The van der Waals surface area contributed by atoms with E-state index in [0.29, 0.717) is 18.4 Å². The summed E-state index contributed by atoms with van der Waals surface area (Å²) in [6.45, 7) is 8.91. The summed E-state index contributed by atoms with van der Waals surface area (Å²) in [5.41, 5.74) is 2.57. The van der Waals surface area contributed by atoms with Gasteiger partial charge in [0.15, 0.2) is 11.6 Å². The first-order valence-electron chi connectivity index (χ1n) is 8.35. The Balaban J connectivity index is 1.88. The molecule has 1 saturated carbocycles. The number of Topliss-reactive ketones (excluding diaryl/α,β-unsaturated/α-hetero) is 2. The van der Waals surface area contributed by atoms with Crippen LogP contribution in [-0.4, -0.2) is 18.1 Å². The third-order valence-corrected chi connectivity index (χ3v) is 4.31. The predicted octanol–water partition coefficient (Wildman–Crippen LogP) is 4.32. The standard InChI is InChI=1S/C20H27NO2/c1-14-5-7-16(8-6-14)21-10-9-15(2)11-17-18(22)12-20(3,4)13-19(17)23/h5-8,11,15,21H,9-10,12-13H2,1-4H3. The number of ketones is 2. The molecule has 23 heavy (non-hydrogen) atoms. The van der Waals surface area contributed by atoms with Crippen LogP contribution in [0.25, 0.3) is 0 Å². The van der Waals surface area contributed by atoms with E-state index in [4.69, 9.17) is 0 Å². The molecule has 0 bridgehead atoms. The molecule has 0 radical (unpaired) electrons. The summed E-state index contributed by atoms with van der Waals surface area (Å²) in [4.78, 5) is 24.4. The normalized spacial score (nSPS) is 18.7. The molecule has 0 amide bonds. The molecular weight excluding hydrogens is 286 g/mol. The Bertz CT molecular complexity index is 589. The Hall–Kier alpha value is -1.90. The number of anilines is 1. The Kier molecular flexibility index (Phi) is 5.40. The van der Waals surface area contributed by atoms with Crippen LogP contribution in [0.15, 0.2) is 35.9 Å². The van der Waals surface area contributed by atoms with Crippen LogP contribution < -0.4 is 5.32 Å². The molecule has 1 N–H and O–H groups in total. The number of carbonyl (C=O) groups is 2. The van der Waals surface area contributed by atoms with Gasteiger partial charge in [-0.25, -0.2) is 0 Å². The first kappa shape index (κ1) is 17.5. The molecule has 1 aromatic carbocycles. The van der Waals surface area contributed by atoms with Gasteiger partial charge in [0, 0.05) is 25.1 Å². The first-order chi connectivity index (χ1) is 10.8. The lowest BCUT2D eigenvalue weighted by molar-refractivity contribution is -0.127. The molecule has 1 atom stereocenters. The van der Waals surface area contributed by atoms with Crippen LogP contribution in [0.2, 0.25) is 0 Å². The fourth-order valence-electron chi connectivity index (χ4n) is 2.95. The van der Waals surface area contributed by atoms with Crippen molar-refractivity contribution in [3.05, 3.63) is 41.5 Å². The summed E-state index contributed by atoms with van der Waals surface area (Å²) in [6, 6.07) is 8.28. The molecule has 1 aromatic rings. The largest absolute Gasteiger partial charge is 0.385 e. The molecule has 0 spiro atoms. The minimum atomic E-state index is -0.193. The van der Waals surface area contributed by atoms with Crippen LogP contribution in [0.4, 0.5) is 5.69 Å². The molecule has 3 nitrogen and oxygen atoms in total. The van der Waals surface area contributed by atoms with Crippen molar-refractivity contribution in [2.45, 2.75) is 47.0 Å². The highest BCUT2D eigenvalue weighted by atomic mass is 16.1. The van der Waals surface area contributed by atoms with Crippen LogP contribution in [0.3, 0.4) is 0 Å². The van der Waals surface area contributed by atoms with Gasteiger partial charge in [-0.3, -0.25) is 9.59 Å². The number of hydrogen-bond donors (Lipinski definition) is 1. The Morgan fingerprint density at radius 1 is 1.13 bits per heavy atom. The van der Waals surface area contributed by atoms with Crippen molar-refractivity contribution in [2.75, 3.05) is 11.9 Å². The highest BCUT2D eigenvalue weighted by Gasteiger charge is 2.35. The van der Waals surface area contributed by atoms with Crippen LogP contribution in [0.5, 0.6) is 0 Å². The summed E-state index contributed by atoms with van der Waals surface area (Å²) >= 11 is 0. The first-order valence-corrected chi connectivity index (χ1v) is 8.35. The number of allylic oxidation sites excluding steroid dienone is 2. The van der Waals surface area contributed by atoms with E-state index in [1.807, 2.05) is 19.9 Å². The summed E-state index contributed by atoms with van der Waals surface area (Å²) in [5, 5.41) is 3.38. The molecule has 0 aromatic heterocycles. The summed E-state index contributed by atoms with van der Waals surface area (Å²) < 4.78 is 0. The van der Waals surface area contributed by atoms with Crippen LogP contribution in [0, 0.1) is 18.3 Å². The predicted molar refractivity (Wildman–Crippen MR) is 94.6 cm³/mol. The van der Waals surface area contributed by atoms with E-state index in [9.17, 15) is 9.59 Å². The van der Waals surface area contributed by atoms with E-state index in [1.54, 1.807) is 0 Å². The zero-order valence-corrected chi connectivity index (χ0v) is 14.6. The van der Waals surface area contributed by atoms with Crippen molar-refractivity contribution in [1.82, 2.24) is 0 Å². The third kappa shape index (κ3) is 5.05. The van der Waals surface area contributed by atoms with Gasteiger partial charge in [-0.2, -0.15) is 0 Å². The number of hydrogen-bond acceptors (Lipinski definition) is 3. The lowest BCUT2D eigenvalue weighted by Gasteiger charge is -2.28. The Morgan fingerprint density at radius 2 is 1.70 bits per heavy atom. The van der Waals surface area contributed by atoms with Gasteiger partial charge in [-0.15, -0.1) is 0 Å². The van der Waals surface area contributed by atoms with E-state index in [0.717, 1.165) is 18.7 Å². The number of benzene rings is 1. The van der Waals surface area contributed by atoms with E-state index in [2.05, 4.69) is 43.4 Å². The smallest absolute Gasteiger partial charge is 0.166 e. The van der Waals surface area contributed by atoms with Gasteiger partial charge in [0.05, 0.1) is 5.57 Å². The van der Waals surface area contributed by atoms with Crippen molar-refractivity contribution in [3.8, 4) is 0 Å². The number of nitrogens with one attached hydrogen (secondary N) is 1. The minimum absolute atomic E-state index is 0.00425. The number of aryl methyl sites for hydroxylation is 1. The quantitative estimate of drug-likeness (QED) is 0.650. The van der Waals surface area contributed by atoms with Gasteiger partial charge < -0.3 is 5.32 Å². The molecule has 1 fully saturated rings. The molecule has 3 heteroatoms. The van der Waals surface area contributed by atoms with Gasteiger partial charge in [0.2, 0.25) is 0 Å². The van der Waals surface area contributed by atoms with E-state index in [-0.39, 0.29) is 22.9 Å². The highest BCUT2D eigenvalue weighted by Crippen LogP contribution is 2.34. The lowest BCUT2D eigenvalue weighted by Crippen LogP contribution is -2.31. The Labute approximate surface area is 139 Å². The monoisotopic (exact) mass is 313 g/mol. The Morgan fingerprint density at radius 3 is 2.26 bits per heavy atom. The molecular formula is C20H27NO2. The van der Waals surface area contributed by atoms with Gasteiger partial charge in [0.1, 0.15) is 0 Å². The molecule has 0 aliphatic heterocycles. The average Bonchev–Trinajstić information content (AvgIpc) is 2.44. The summed E-state index contributed by atoms with van der Waals surface area (Å²) in [7, 11) is 0. The van der Waals surface area contributed by atoms with E-state index in [1.165, 1.54) is 5.56 Å².